The predicted molar refractivity (Wildman–Crippen MR) is 51.4 cm³/mol. The second-order valence-corrected chi connectivity index (χ2v) is 2.99. The van der Waals surface area contributed by atoms with Crippen LogP contribution in [0.15, 0.2) is 28.7 Å². The number of nitro groups is 1. The third-order valence-corrected chi connectivity index (χ3v) is 1.88. The molecule has 0 N–H and O–H groups in total. The Balaban J connectivity index is 2.35. The average molecular weight is 226 g/mol. The number of non-ortho nitro benzene ring substituents is 1. The molecule has 7 heteroatoms. The molecule has 0 fully saturated rings. The molecule has 1 aromatic heterocycles. The molecular weight excluding hydrogens is 222 g/mol. The lowest BCUT2D eigenvalue weighted by Gasteiger charge is -1.93. The van der Waals surface area contributed by atoms with Gasteiger partial charge in [0.2, 0.25) is 5.89 Å². The molecule has 0 aliphatic rings. The van der Waals surface area contributed by atoms with Crippen molar-refractivity contribution in [2.45, 2.75) is 0 Å². The normalized spacial score (nSPS) is 10.2. The van der Waals surface area contributed by atoms with Gasteiger partial charge >= 0.3 is 5.35 Å². The number of aromatic nitrogens is 2. The Hall–Kier alpha value is -1.95. The molecule has 0 saturated heterocycles. The van der Waals surface area contributed by atoms with Crippen molar-refractivity contribution in [3.8, 4) is 11.5 Å². The van der Waals surface area contributed by atoms with Crippen molar-refractivity contribution in [3.63, 3.8) is 0 Å². The van der Waals surface area contributed by atoms with Crippen LogP contribution in [-0.4, -0.2) is 15.1 Å². The van der Waals surface area contributed by atoms with Gasteiger partial charge in [0.1, 0.15) is 0 Å². The molecule has 0 radical (unpaired) electrons. The minimum absolute atomic E-state index is 0.00404. The fraction of sp³-hybridized carbons (Fsp3) is 0. The number of rotatable bonds is 2. The van der Waals surface area contributed by atoms with Gasteiger partial charge in [0.25, 0.3) is 5.69 Å². The highest BCUT2D eigenvalue weighted by Crippen LogP contribution is 2.22. The Labute approximate surface area is 88.6 Å². The Kier molecular flexibility index (Phi) is 2.34. The van der Waals surface area contributed by atoms with Crippen molar-refractivity contribution >= 4 is 17.3 Å². The van der Waals surface area contributed by atoms with Crippen LogP contribution in [0, 0.1) is 10.1 Å². The molecule has 1 aromatic carbocycles. The van der Waals surface area contributed by atoms with Crippen molar-refractivity contribution < 1.29 is 9.34 Å². The summed E-state index contributed by atoms with van der Waals surface area (Å²) in [5, 5.41) is 17.4. The van der Waals surface area contributed by atoms with Crippen LogP contribution in [0.2, 0.25) is 5.35 Å². The number of hydrogen-bond acceptors (Lipinski definition) is 5. The highest BCUT2D eigenvalue weighted by Gasteiger charge is 2.09. The first kappa shape index (κ1) is 9.60. The van der Waals surface area contributed by atoms with Crippen LogP contribution in [0.5, 0.6) is 0 Å². The fourth-order valence-electron chi connectivity index (χ4n) is 1.05. The zero-order chi connectivity index (χ0) is 10.8. The van der Waals surface area contributed by atoms with Gasteiger partial charge < -0.3 is 4.42 Å². The zero-order valence-electron chi connectivity index (χ0n) is 7.25. The number of benzene rings is 1. The van der Waals surface area contributed by atoms with Gasteiger partial charge in [-0.1, -0.05) is 5.10 Å². The lowest BCUT2D eigenvalue weighted by Crippen LogP contribution is -1.87. The molecule has 2 aromatic rings. The predicted octanol–water partition coefficient (Wildman–Crippen LogP) is 2.30. The highest BCUT2D eigenvalue weighted by atomic mass is 35.5. The number of halogens is 1. The number of nitrogens with zero attached hydrogens (tertiary/aromatic N) is 3. The minimum Gasteiger partial charge on any atom is -0.407 e. The van der Waals surface area contributed by atoms with Crippen molar-refractivity contribution in [1.82, 2.24) is 10.2 Å². The van der Waals surface area contributed by atoms with Crippen LogP contribution in [-0.2, 0) is 0 Å². The van der Waals surface area contributed by atoms with E-state index in [0.29, 0.717) is 5.56 Å². The molecule has 0 aliphatic carbocycles. The van der Waals surface area contributed by atoms with Gasteiger partial charge in [-0.3, -0.25) is 10.1 Å². The van der Waals surface area contributed by atoms with Gasteiger partial charge in [-0.15, -0.1) is 5.10 Å². The van der Waals surface area contributed by atoms with E-state index in [1.54, 1.807) is 0 Å². The fourth-order valence-corrected chi connectivity index (χ4v) is 1.16. The summed E-state index contributed by atoms with van der Waals surface area (Å²) in [6.45, 7) is 0. The molecule has 15 heavy (non-hydrogen) atoms. The summed E-state index contributed by atoms with van der Waals surface area (Å²) in [6.07, 6.45) is 0. The van der Waals surface area contributed by atoms with Gasteiger partial charge in [-0.25, -0.2) is 0 Å². The first-order valence-electron chi connectivity index (χ1n) is 3.90. The van der Waals surface area contributed by atoms with E-state index in [9.17, 15) is 10.1 Å². The largest absolute Gasteiger partial charge is 0.407 e. The van der Waals surface area contributed by atoms with E-state index in [0.717, 1.165) is 0 Å². The van der Waals surface area contributed by atoms with Gasteiger partial charge in [0.15, 0.2) is 0 Å². The molecular formula is C8H4ClN3O3. The first-order valence-corrected chi connectivity index (χ1v) is 4.28. The number of nitro benzene ring substituents is 1. The third kappa shape index (κ3) is 1.94. The monoisotopic (exact) mass is 225 g/mol. The third-order valence-electron chi connectivity index (χ3n) is 1.73. The van der Waals surface area contributed by atoms with E-state index >= 15 is 0 Å². The van der Waals surface area contributed by atoms with Crippen LogP contribution in [0.4, 0.5) is 5.69 Å². The average Bonchev–Trinajstić information content (AvgIpc) is 2.65. The second-order valence-electron chi connectivity index (χ2n) is 2.66. The standard InChI is InChI=1S/C8H4ClN3O3/c9-8-11-10-7(15-8)5-1-3-6(4-2-5)12(13)14/h1-4H. The van der Waals surface area contributed by atoms with Gasteiger partial charge in [0.05, 0.1) is 4.92 Å². The van der Waals surface area contributed by atoms with Crippen LogP contribution in [0.25, 0.3) is 11.5 Å². The molecule has 6 nitrogen and oxygen atoms in total. The summed E-state index contributed by atoms with van der Waals surface area (Å²) >= 11 is 5.44. The summed E-state index contributed by atoms with van der Waals surface area (Å²) in [4.78, 5) is 9.90. The van der Waals surface area contributed by atoms with Crippen molar-refractivity contribution in [3.05, 3.63) is 39.7 Å². The minimum atomic E-state index is -0.482. The maximum absolute atomic E-state index is 10.4. The van der Waals surface area contributed by atoms with E-state index in [4.69, 9.17) is 16.0 Å². The molecule has 0 spiro atoms. The van der Waals surface area contributed by atoms with Crippen molar-refractivity contribution in [2.24, 2.45) is 0 Å². The van der Waals surface area contributed by atoms with Crippen LogP contribution >= 0.6 is 11.6 Å². The topological polar surface area (TPSA) is 82.1 Å². The Morgan fingerprint density at radius 2 is 1.93 bits per heavy atom. The van der Waals surface area contributed by atoms with Crippen molar-refractivity contribution in [2.75, 3.05) is 0 Å². The van der Waals surface area contributed by atoms with E-state index < -0.39 is 4.92 Å². The van der Waals surface area contributed by atoms with Gasteiger partial charge in [-0.2, -0.15) is 0 Å². The quantitative estimate of drug-likeness (QED) is 0.578. The Morgan fingerprint density at radius 3 is 2.40 bits per heavy atom. The molecule has 0 atom stereocenters. The molecule has 0 bridgehead atoms. The van der Waals surface area contributed by atoms with Crippen LogP contribution in [0.3, 0.4) is 0 Å². The molecule has 0 unspecified atom stereocenters. The summed E-state index contributed by atoms with van der Waals surface area (Å²) in [5.41, 5.74) is 0.587. The smallest absolute Gasteiger partial charge is 0.313 e. The van der Waals surface area contributed by atoms with Crippen molar-refractivity contribution in [1.29, 1.82) is 0 Å². The molecule has 0 aliphatic heterocycles. The second kappa shape index (κ2) is 3.66. The summed E-state index contributed by atoms with van der Waals surface area (Å²) in [5.74, 6) is 0.231. The van der Waals surface area contributed by atoms with Gasteiger partial charge in [0, 0.05) is 17.7 Å². The first-order chi connectivity index (χ1) is 7.16. The zero-order valence-corrected chi connectivity index (χ0v) is 8.01. The van der Waals surface area contributed by atoms with E-state index in [-0.39, 0.29) is 16.9 Å². The highest BCUT2D eigenvalue weighted by molar-refractivity contribution is 6.27. The van der Waals surface area contributed by atoms with Crippen LogP contribution in [0.1, 0.15) is 0 Å². The summed E-state index contributed by atoms with van der Waals surface area (Å²) in [6, 6.07) is 5.74. The SMILES string of the molecule is O=[N+]([O-])c1ccc(-c2nnc(Cl)o2)cc1. The van der Waals surface area contributed by atoms with E-state index in [1.165, 1.54) is 24.3 Å². The van der Waals surface area contributed by atoms with E-state index in [2.05, 4.69) is 10.2 Å². The molecule has 2 rings (SSSR count). The molecule has 76 valence electrons. The lowest BCUT2D eigenvalue weighted by molar-refractivity contribution is -0.384. The lowest BCUT2D eigenvalue weighted by atomic mass is 10.2. The maximum Gasteiger partial charge on any atom is 0.313 e. The van der Waals surface area contributed by atoms with Crippen LogP contribution < -0.4 is 0 Å². The molecule has 0 amide bonds. The maximum atomic E-state index is 10.4. The molecule has 1 heterocycles. The molecule has 0 saturated carbocycles. The summed E-state index contributed by atoms with van der Waals surface area (Å²) < 4.78 is 4.94. The summed E-state index contributed by atoms with van der Waals surface area (Å²) in [7, 11) is 0. The number of hydrogen-bond donors (Lipinski definition) is 0. The Morgan fingerprint density at radius 1 is 1.27 bits per heavy atom. The van der Waals surface area contributed by atoms with E-state index in [1.807, 2.05) is 0 Å². The van der Waals surface area contributed by atoms with Gasteiger partial charge in [-0.05, 0) is 23.7 Å². The Bertz CT molecular complexity index is 494.